The third-order valence-electron chi connectivity index (χ3n) is 3.21. The molecule has 0 radical (unpaired) electrons. The second kappa shape index (κ2) is 4.79. The first kappa shape index (κ1) is 12.9. The summed E-state index contributed by atoms with van der Waals surface area (Å²) in [5.74, 6) is 0. The molecule has 1 aliphatic rings. The number of halogens is 3. The van der Waals surface area contributed by atoms with Crippen LogP contribution in [0.1, 0.15) is 22.5 Å². The maximum atomic E-state index is 12.8. The molecule has 104 valence electrons. The van der Waals surface area contributed by atoms with Crippen molar-refractivity contribution < 1.29 is 13.2 Å². The van der Waals surface area contributed by atoms with Crippen molar-refractivity contribution in [3.63, 3.8) is 0 Å². The Labute approximate surface area is 113 Å². The van der Waals surface area contributed by atoms with Crippen molar-refractivity contribution in [2.45, 2.75) is 12.7 Å². The predicted molar refractivity (Wildman–Crippen MR) is 69.6 cm³/mol. The van der Waals surface area contributed by atoms with Gasteiger partial charge in [0.15, 0.2) is 0 Å². The molecule has 3 rings (SSSR count). The molecule has 0 amide bonds. The van der Waals surface area contributed by atoms with Gasteiger partial charge in [-0.05, 0) is 17.2 Å². The molecular weight excluding hydrogens is 267 g/mol. The van der Waals surface area contributed by atoms with E-state index in [2.05, 4.69) is 15.5 Å². The highest BCUT2D eigenvalue weighted by Crippen LogP contribution is 2.35. The van der Waals surface area contributed by atoms with Gasteiger partial charge in [0.05, 0.1) is 5.69 Å². The second-order valence-electron chi connectivity index (χ2n) is 4.61. The van der Waals surface area contributed by atoms with Crippen molar-refractivity contribution in [2.24, 2.45) is 0 Å². The third kappa shape index (κ3) is 2.34. The van der Waals surface area contributed by atoms with Gasteiger partial charge in [-0.1, -0.05) is 30.3 Å². The van der Waals surface area contributed by atoms with Crippen molar-refractivity contribution in [2.75, 3.05) is 6.54 Å². The van der Waals surface area contributed by atoms with Crippen LogP contribution >= 0.6 is 0 Å². The Morgan fingerprint density at radius 1 is 1.10 bits per heavy atom. The Morgan fingerprint density at radius 2 is 1.85 bits per heavy atom. The van der Waals surface area contributed by atoms with E-state index < -0.39 is 11.9 Å². The SMILES string of the molecule is FC(F)(F)c1[nH]nc2c1CNC/C2=C\c1ccccc1. The van der Waals surface area contributed by atoms with E-state index in [1.807, 2.05) is 36.4 Å². The van der Waals surface area contributed by atoms with Crippen LogP contribution in [0.5, 0.6) is 0 Å². The number of hydrogen-bond donors (Lipinski definition) is 2. The Bertz CT molecular complexity index is 641. The van der Waals surface area contributed by atoms with Crippen LogP contribution in [0.15, 0.2) is 30.3 Å². The Balaban J connectivity index is 2.04. The number of aromatic amines is 1. The van der Waals surface area contributed by atoms with Crippen LogP contribution < -0.4 is 5.32 Å². The van der Waals surface area contributed by atoms with Crippen LogP contribution in [-0.4, -0.2) is 16.7 Å². The smallest absolute Gasteiger partial charge is 0.308 e. The van der Waals surface area contributed by atoms with E-state index >= 15 is 0 Å². The average Bonchev–Trinajstić information content (AvgIpc) is 2.85. The maximum absolute atomic E-state index is 12.8. The van der Waals surface area contributed by atoms with Gasteiger partial charge in [0.2, 0.25) is 0 Å². The highest BCUT2D eigenvalue weighted by Gasteiger charge is 2.38. The molecule has 2 heterocycles. The summed E-state index contributed by atoms with van der Waals surface area (Å²) in [6.07, 6.45) is -2.55. The summed E-state index contributed by atoms with van der Waals surface area (Å²) < 4.78 is 38.5. The van der Waals surface area contributed by atoms with Crippen molar-refractivity contribution in [1.82, 2.24) is 15.5 Å². The van der Waals surface area contributed by atoms with Gasteiger partial charge in [0, 0.05) is 18.7 Å². The van der Waals surface area contributed by atoms with Crippen molar-refractivity contribution in [3.05, 3.63) is 52.8 Å². The standard InChI is InChI=1S/C14H12F3N3/c15-14(16,17)13-11-8-18-7-10(12(11)19-20-13)6-9-4-2-1-3-5-9/h1-6,18H,7-8H2,(H,19,20)/b10-6+. The van der Waals surface area contributed by atoms with Crippen LogP contribution in [0.2, 0.25) is 0 Å². The highest BCUT2D eigenvalue weighted by atomic mass is 19.4. The first-order valence-corrected chi connectivity index (χ1v) is 6.17. The largest absolute Gasteiger partial charge is 0.433 e. The van der Waals surface area contributed by atoms with E-state index in [1.165, 1.54) is 0 Å². The van der Waals surface area contributed by atoms with Gasteiger partial charge in [0.25, 0.3) is 0 Å². The Kier molecular flexibility index (Phi) is 3.10. The minimum Gasteiger partial charge on any atom is -0.308 e. The van der Waals surface area contributed by atoms with Crippen molar-refractivity contribution in [1.29, 1.82) is 0 Å². The lowest BCUT2D eigenvalue weighted by molar-refractivity contribution is -0.141. The Hall–Kier alpha value is -2.08. The van der Waals surface area contributed by atoms with Gasteiger partial charge < -0.3 is 5.32 Å². The van der Waals surface area contributed by atoms with Crippen LogP contribution in [0.25, 0.3) is 11.6 Å². The molecule has 1 aliphatic heterocycles. The summed E-state index contributed by atoms with van der Waals surface area (Å²) in [7, 11) is 0. The molecule has 0 spiro atoms. The first-order valence-electron chi connectivity index (χ1n) is 6.17. The summed E-state index contributed by atoms with van der Waals surface area (Å²) in [6.45, 7) is 0.677. The molecule has 0 bridgehead atoms. The summed E-state index contributed by atoms with van der Waals surface area (Å²) in [4.78, 5) is 0. The molecule has 0 atom stereocenters. The number of rotatable bonds is 1. The number of fused-ring (bicyclic) bond motifs is 1. The highest BCUT2D eigenvalue weighted by molar-refractivity contribution is 5.83. The molecule has 0 aliphatic carbocycles. The molecule has 6 heteroatoms. The minimum atomic E-state index is -4.41. The fraction of sp³-hybridized carbons (Fsp3) is 0.214. The molecule has 1 aromatic carbocycles. The fourth-order valence-corrected chi connectivity index (χ4v) is 2.31. The van der Waals surface area contributed by atoms with Gasteiger partial charge in [-0.15, -0.1) is 0 Å². The van der Waals surface area contributed by atoms with Crippen LogP contribution in [0.4, 0.5) is 13.2 Å². The van der Waals surface area contributed by atoms with Crippen LogP contribution in [0, 0.1) is 0 Å². The number of nitrogens with zero attached hydrogens (tertiary/aromatic N) is 1. The number of hydrogen-bond acceptors (Lipinski definition) is 2. The number of H-pyrrole nitrogens is 1. The average molecular weight is 279 g/mol. The maximum Gasteiger partial charge on any atom is 0.433 e. The van der Waals surface area contributed by atoms with E-state index in [-0.39, 0.29) is 12.1 Å². The lowest BCUT2D eigenvalue weighted by atomic mass is 9.99. The minimum absolute atomic E-state index is 0.173. The zero-order valence-corrected chi connectivity index (χ0v) is 10.5. The van der Waals surface area contributed by atoms with E-state index in [1.54, 1.807) is 0 Å². The molecule has 2 aromatic rings. The topological polar surface area (TPSA) is 40.7 Å². The molecule has 0 fully saturated rings. The normalized spacial score (nSPS) is 17.2. The molecule has 0 saturated carbocycles. The molecule has 20 heavy (non-hydrogen) atoms. The third-order valence-corrected chi connectivity index (χ3v) is 3.21. The predicted octanol–water partition coefficient (Wildman–Crippen LogP) is 3.07. The van der Waals surface area contributed by atoms with Gasteiger partial charge in [-0.25, -0.2) is 0 Å². The van der Waals surface area contributed by atoms with Crippen LogP contribution in [-0.2, 0) is 12.7 Å². The van der Waals surface area contributed by atoms with E-state index in [0.717, 1.165) is 11.1 Å². The number of nitrogens with one attached hydrogen (secondary N) is 2. The van der Waals surface area contributed by atoms with E-state index in [4.69, 9.17) is 0 Å². The fourth-order valence-electron chi connectivity index (χ4n) is 2.31. The van der Waals surface area contributed by atoms with Crippen molar-refractivity contribution in [3.8, 4) is 0 Å². The summed E-state index contributed by atoms with van der Waals surface area (Å²) in [5, 5.41) is 8.95. The van der Waals surface area contributed by atoms with Crippen molar-refractivity contribution >= 4 is 11.6 Å². The number of alkyl halides is 3. The number of aromatic nitrogens is 2. The molecule has 2 N–H and O–H groups in total. The first-order chi connectivity index (χ1) is 9.55. The second-order valence-corrected chi connectivity index (χ2v) is 4.61. The van der Waals surface area contributed by atoms with Gasteiger partial charge >= 0.3 is 6.18 Å². The molecular formula is C14H12F3N3. The number of benzene rings is 1. The lowest BCUT2D eigenvalue weighted by Gasteiger charge is -2.17. The summed E-state index contributed by atoms with van der Waals surface area (Å²) in [6, 6.07) is 9.46. The molecule has 0 saturated heterocycles. The summed E-state index contributed by atoms with van der Waals surface area (Å²) in [5.41, 5.74) is 1.52. The molecule has 1 aromatic heterocycles. The van der Waals surface area contributed by atoms with Gasteiger partial charge in [-0.3, -0.25) is 5.10 Å². The lowest BCUT2D eigenvalue weighted by Crippen LogP contribution is -2.24. The quantitative estimate of drug-likeness (QED) is 0.842. The molecule has 0 unspecified atom stereocenters. The molecule has 3 nitrogen and oxygen atoms in total. The van der Waals surface area contributed by atoms with E-state index in [0.29, 0.717) is 12.2 Å². The Morgan fingerprint density at radius 3 is 2.55 bits per heavy atom. The van der Waals surface area contributed by atoms with Crippen LogP contribution in [0.3, 0.4) is 0 Å². The van der Waals surface area contributed by atoms with E-state index in [9.17, 15) is 13.2 Å². The zero-order chi connectivity index (χ0) is 14.2. The summed E-state index contributed by atoms with van der Waals surface area (Å²) >= 11 is 0. The van der Waals surface area contributed by atoms with Gasteiger partial charge in [-0.2, -0.15) is 18.3 Å². The zero-order valence-electron chi connectivity index (χ0n) is 10.5. The monoisotopic (exact) mass is 279 g/mol. The van der Waals surface area contributed by atoms with Gasteiger partial charge in [0.1, 0.15) is 5.69 Å².